The molecule has 1 fully saturated rings. The van der Waals surface area contributed by atoms with Gasteiger partial charge in [-0.3, -0.25) is 4.79 Å². The molecule has 2 aromatic rings. The lowest BCUT2D eigenvalue weighted by molar-refractivity contribution is 0.0784. The Kier molecular flexibility index (Phi) is 5.48. The van der Waals surface area contributed by atoms with Crippen molar-refractivity contribution in [3.05, 3.63) is 46.4 Å². The molecule has 1 aliphatic heterocycles. The molecule has 1 aromatic heterocycles. The lowest BCUT2D eigenvalue weighted by Gasteiger charge is -2.17. The molecule has 3 rings (SSSR count). The summed E-state index contributed by atoms with van der Waals surface area (Å²) >= 11 is 1.47. The molecule has 0 spiro atoms. The molecule has 1 atom stereocenters. The minimum Gasteiger partial charge on any atom is -0.380 e. The molecule has 25 heavy (non-hydrogen) atoms. The van der Waals surface area contributed by atoms with Gasteiger partial charge in [-0.2, -0.15) is 0 Å². The van der Waals surface area contributed by atoms with E-state index in [1.807, 2.05) is 5.38 Å². The Labute approximate surface area is 150 Å². The van der Waals surface area contributed by atoms with Crippen LogP contribution >= 0.6 is 11.3 Å². The van der Waals surface area contributed by atoms with Crippen LogP contribution in [0.15, 0.2) is 40.7 Å². The fourth-order valence-corrected chi connectivity index (χ4v) is 4.51. The van der Waals surface area contributed by atoms with Gasteiger partial charge in [0.25, 0.3) is 5.91 Å². The van der Waals surface area contributed by atoms with E-state index in [1.165, 1.54) is 28.4 Å². The summed E-state index contributed by atoms with van der Waals surface area (Å²) in [7, 11) is -2.02. The highest BCUT2D eigenvalue weighted by Gasteiger charge is 2.24. The number of carbonyl (C=O) groups excluding carboxylic acids is 1. The van der Waals surface area contributed by atoms with Crippen LogP contribution < -0.4 is 4.72 Å². The zero-order chi connectivity index (χ0) is 17.9. The van der Waals surface area contributed by atoms with Gasteiger partial charge in [-0.15, -0.1) is 11.3 Å². The van der Waals surface area contributed by atoms with E-state index in [4.69, 9.17) is 4.74 Å². The first-order valence-corrected chi connectivity index (χ1v) is 10.2. The Bertz CT molecular complexity index is 831. The van der Waals surface area contributed by atoms with Crippen LogP contribution in [0.2, 0.25) is 0 Å². The highest BCUT2D eigenvalue weighted by molar-refractivity contribution is 7.89. The van der Waals surface area contributed by atoms with Crippen molar-refractivity contribution in [3.8, 4) is 0 Å². The van der Waals surface area contributed by atoms with Gasteiger partial charge in [0.15, 0.2) is 0 Å². The summed E-state index contributed by atoms with van der Waals surface area (Å²) in [4.78, 5) is 18.3. The summed E-state index contributed by atoms with van der Waals surface area (Å²) in [6.07, 6.45) is 2.33. The second-order valence-electron chi connectivity index (χ2n) is 5.80. The number of thiazole rings is 1. The van der Waals surface area contributed by atoms with Crippen molar-refractivity contribution in [1.29, 1.82) is 0 Å². The molecule has 0 aliphatic carbocycles. The first-order valence-electron chi connectivity index (χ1n) is 7.80. The molecule has 1 aromatic carbocycles. The van der Waals surface area contributed by atoms with Crippen LogP contribution in [-0.2, 0) is 21.3 Å². The monoisotopic (exact) mass is 381 g/mol. The molecular formula is C16H19N3O4S2. The Morgan fingerprint density at radius 3 is 3.00 bits per heavy atom. The van der Waals surface area contributed by atoms with Gasteiger partial charge in [0.1, 0.15) is 5.01 Å². The largest absolute Gasteiger partial charge is 0.380 e. The number of rotatable bonds is 6. The Balaban J connectivity index is 1.74. The third kappa shape index (κ3) is 4.43. The van der Waals surface area contributed by atoms with E-state index in [9.17, 15) is 13.2 Å². The van der Waals surface area contributed by atoms with Gasteiger partial charge in [-0.05, 0) is 24.6 Å². The second kappa shape index (κ2) is 7.61. The minimum absolute atomic E-state index is 0.0768. The minimum atomic E-state index is -3.69. The molecule has 1 amide bonds. The van der Waals surface area contributed by atoms with Crippen LogP contribution in [0.4, 0.5) is 0 Å². The number of hydrogen-bond donors (Lipinski definition) is 1. The summed E-state index contributed by atoms with van der Waals surface area (Å²) < 4.78 is 32.8. The van der Waals surface area contributed by atoms with E-state index < -0.39 is 10.0 Å². The van der Waals surface area contributed by atoms with Gasteiger partial charge in [-0.25, -0.2) is 18.1 Å². The van der Waals surface area contributed by atoms with Crippen LogP contribution in [0, 0.1) is 0 Å². The molecule has 0 radical (unpaired) electrons. The van der Waals surface area contributed by atoms with Gasteiger partial charge >= 0.3 is 0 Å². The number of carbonyl (C=O) groups is 1. The SMILES string of the molecule is CN(Cc1nccs1)C(=O)c1cccc(S(=O)(=O)N[C@@H]2CCOC2)c1. The van der Waals surface area contributed by atoms with E-state index in [1.54, 1.807) is 25.4 Å². The molecule has 9 heteroatoms. The molecule has 134 valence electrons. The quantitative estimate of drug-likeness (QED) is 0.819. The highest BCUT2D eigenvalue weighted by atomic mass is 32.2. The van der Waals surface area contributed by atoms with Gasteiger partial charge in [0.2, 0.25) is 10.0 Å². The summed E-state index contributed by atoms with van der Waals surface area (Å²) in [5, 5.41) is 2.67. The predicted molar refractivity (Wildman–Crippen MR) is 93.9 cm³/mol. The van der Waals surface area contributed by atoms with Crippen molar-refractivity contribution in [2.75, 3.05) is 20.3 Å². The normalized spacial score (nSPS) is 17.6. The number of benzene rings is 1. The van der Waals surface area contributed by atoms with Crippen molar-refractivity contribution in [2.24, 2.45) is 0 Å². The van der Waals surface area contributed by atoms with Crippen molar-refractivity contribution in [3.63, 3.8) is 0 Å². The van der Waals surface area contributed by atoms with Crippen molar-refractivity contribution >= 4 is 27.3 Å². The lowest BCUT2D eigenvalue weighted by atomic mass is 10.2. The molecule has 2 heterocycles. The third-order valence-corrected chi connectivity index (χ3v) is 6.13. The molecule has 0 unspecified atom stereocenters. The van der Waals surface area contributed by atoms with Crippen molar-refractivity contribution < 1.29 is 17.9 Å². The fraction of sp³-hybridized carbons (Fsp3) is 0.375. The van der Waals surface area contributed by atoms with Crippen molar-refractivity contribution in [1.82, 2.24) is 14.6 Å². The maximum atomic E-state index is 12.6. The number of sulfonamides is 1. The maximum absolute atomic E-state index is 12.6. The highest BCUT2D eigenvalue weighted by Crippen LogP contribution is 2.16. The topological polar surface area (TPSA) is 88.6 Å². The summed E-state index contributed by atoms with van der Waals surface area (Å²) in [5.41, 5.74) is 0.324. The smallest absolute Gasteiger partial charge is 0.254 e. The number of amides is 1. The van der Waals surface area contributed by atoms with E-state index in [-0.39, 0.29) is 16.8 Å². The van der Waals surface area contributed by atoms with E-state index in [0.717, 1.165) is 5.01 Å². The van der Waals surface area contributed by atoms with Crippen LogP contribution in [0.1, 0.15) is 21.8 Å². The number of aromatic nitrogens is 1. The average Bonchev–Trinajstić information content (AvgIpc) is 3.28. The molecular weight excluding hydrogens is 362 g/mol. The van der Waals surface area contributed by atoms with Crippen LogP contribution in [0.5, 0.6) is 0 Å². The van der Waals surface area contributed by atoms with E-state index in [0.29, 0.717) is 31.7 Å². The second-order valence-corrected chi connectivity index (χ2v) is 8.49. The number of hydrogen-bond acceptors (Lipinski definition) is 6. The molecule has 1 aliphatic rings. The van der Waals surface area contributed by atoms with E-state index >= 15 is 0 Å². The first-order chi connectivity index (χ1) is 12.0. The fourth-order valence-electron chi connectivity index (χ4n) is 2.54. The van der Waals surface area contributed by atoms with Gasteiger partial charge in [0, 0.05) is 36.8 Å². The Morgan fingerprint density at radius 2 is 2.32 bits per heavy atom. The predicted octanol–water partition coefficient (Wildman–Crippen LogP) is 1.48. The van der Waals surface area contributed by atoms with Gasteiger partial charge < -0.3 is 9.64 Å². The summed E-state index contributed by atoms with van der Waals surface area (Å²) in [5.74, 6) is -0.253. The van der Waals surface area contributed by atoms with Gasteiger partial charge in [-0.1, -0.05) is 6.07 Å². The van der Waals surface area contributed by atoms with Crippen LogP contribution in [-0.4, -0.2) is 50.5 Å². The standard InChI is InChI=1S/C16H19N3O4S2/c1-19(10-15-17-6-8-24-15)16(20)12-3-2-4-14(9-12)25(21,22)18-13-5-7-23-11-13/h2-4,6,8-9,13,18H,5,7,10-11H2,1H3/t13-/m1/s1. The molecule has 7 nitrogen and oxygen atoms in total. The number of ether oxygens (including phenoxy) is 1. The zero-order valence-corrected chi connectivity index (χ0v) is 15.3. The van der Waals surface area contributed by atoms with E-state index in [2.05, 4.69) is 9.71 Å². The first kappa shape index (κ1) is 18.0. The molecule has 0 saturated carbocycles. The Hall–Kier alpha value is -1.81. The maximum Gasteiger partial charge on any atom is 0.254 e. The summed E-state index contributed by atoms with van der Waals surface area (Å²) in [6.45, 7) is 1.30. The lowest BCUT2D eigenvalue weighted by Crippen LogP contribution is -2.35. The molecule has 0 bridgehead atoms. The summed E-state index contributed by atoms with van der Waals surface area (Å²) in [6, 6.07) is 5.84. The van der Waals surface area contributed by atoms with Crippen LogP contribution in [0.25, 0.3) is 0 Å². The number of nitrogens with zero attached hydrogens (tertiary/aromatic N) is 2. The molecule has 1 N–H and O–H groups in total. The Morgan fingerprint density at radius 1 is 1.48 bits per heavy atom. The van der Waals surface area contributed by atoms with Crippen LogP contribution in [0.3, 0.4) is 0 Å². The molecule has 1 saturated heterocycles. The zero-order valence-electron chi connectivity index (χ0n) is 13.7. The average molecular weight is 381 g/mol. The van der Waals surface area contributed by atoms with Crippen molar-refractivity contribution in [2.45, 2.75) is 23.9 Å². The van der Waals surface area contributed by atoms with Gasteiger partial charge in [0.05, 0.1) is 18.0 Å². The third-order valence-electron chi connectivity index (χ3n) is 3.85. The number of nitrogens with one attached hydrogen (secondary N) is 1.